The number of hydrogen-bond donors (Lipinski definition) is 0. The monoisotopic (exact) mass is 128 g/mol. The maximum atomic E-state index is 10.0. The summed E-state index contributed by atoms with van der Waals surface area (Å²) in [6.07, 6.45) is 1.61. The van der Waals surface area contributed by atoms with Gasteiger partial charge in [0.1, 0.15) is 0 Å². The number of rotatable bonds is 1. The molecule has 0 spiro atoms. The van der Waals surface area contributed by atoms with Gasteiger partial charge in [-0.25, -0.2) is 4.90 Å². The van der Waals surface area contributed by atoms with E-state index in [0.717, 1.165) is 0 Å². The number of nitro groups is 1. The molecule has 0 aromatic rings. The van der Waals surface area contributed by atoms with Gasteiger partial charge < -0.3 is 0 Å². The molecule has 0 fully saturated rings. The zero-order valence-electron chi connectivity index (χ0n) is 4.94. The Hall–Kier alpha value is -0.970. The van der Waals surface area contributed by atoms with E-state index in [2.05, 4.69) is 11.2 Å². The largest absolute Gasteiger partial charge is 0.365 e. The van der Waals surface area contributed by atoms with Crippen LogP contribution in [0.5, 0.6) is 0 Å². The van der Waals surface area contributed by atoms with E-state index in [1.165, 1.54) is 4.90 Å². The first-order chi connectivity index (χ1) is 4.22. The minimum Gasteiger partial charge on any atom is -0.261 e. The van der Waals surface area contributed by atoms with Crippen molar-refractivity contribution < 1.29 is 4.92 Å². The second-order valence-electron chi connectivity index (χ2n) is 1.83. The molecule has 5 heteroatoms. The van der Waals surface area contributed by atoms with Crippen LogP contribution >= 0.6 is 0 Å². The van der Waals surface area contributed by atoms with Crippen LogP contribution in [0.4, 0.5) is 0 Å². The summed E-state index contributed by atoms with van der Waals surface area (Å²) in [4.78, 5) is 14.6. The van der Waals surface area contributed by atoms with E-state index in [4.69, 9.17) is 0 Å². The van der Waals surface area contributed by atoms with Crippen LogP contribution in [0.25, 0.3) is 0 Å². The molecule has 9 heavy (non-hydrogen) atoms. The summed E-state index contributed by atoms with van der Waals surface area (Å²) < 4.78 is 0. The summed E-state index contributed by atoms with van der Waals surface area (Å²) in [6, 6.07) is 0. The number of nitrogens with zero attached hydrogens (tertiary/aromatic N) is 3. The smallest absolute Gasteiger partial charge is 0.261 e. The van der Waals surface area contributed by atoms with E-state index in [-0.39, 0.29) is 0 Å². The molecule has 1 rings (SSSR count). The first-order valence-electron chi connectivity index (χ1n) is 2.48. The van der Waals surface area contributed by atoms with Crippen molar-refractivity contribution in [3.05, 3.63) is 10.1 Å². The van der Waals surface area contributed by atoms with E-state index >= 15 is 0 Å². The van der Waals surface area contributed by atoms with Crippen LogP contribution in [-0.4, -0.2) is 35.9 Å². The average Bonchev–Trinajstić information content (AvgIpc) is 2.13. The Morgan fingerprint density at radius 2 is 2.67 bits per heavy atom. The highest BCUT2D eigenvalue weighted by Crippen LogP contribution is 2.02. The molecule has 0 amide bonds. The zero-order valence-corrected chi connectivity index (χ0v) is 4.94. The molecule has 1 atom stereocenters. The molecule has 1 heterocycles. The highest BCUT2D eigenvalue weighted by molar-refractivity contribution is 5.61. The topological polar surface area (TPSA) is 58.7 Å². The van der Waals surface area contributed by atoms with E-state index < -0.39 is 11.2 Å². The summed E-state index contributed by atoms with van der Waals surface area (Å²) >= 11 is 0. The SMILES string of the molecule is CN1C[C]=NC1[N+](=O)[O-]. The molecule has 1 unspecified atom stereocenters. The molecule has 49 valence electrons. The highest BCUT2D eigenvalue weighted by Gasteiger charge is 2.27. The fraction of sp³-hybridized carbons (Fsp3) is 0.750. The standard InChI is InChI=1S/C4H6N3O2/c1-6-3-2-5-4(6)7(8)9/h4H,3H2,1H3. The van der Waals surface area contributed by atoms with Gasteiger partial charge in [-0.3, -0.25) is 10.1 Å². The van der Waals surface area contributed by atoms with Gasteiger partial charge in [0.05, 0.1) is 17.7 Å². The van der Waals surface area contributed by atoms with E-state index in [1.54, 1.807) is 7.05 Å². The van der Waals surface area contributed by atoms with Crippen LogP contribution < -0.4 is 0 Å². The fourth-order valence-electron chi connectivity index (χ4n) is 0.622. The van der Waals surface area contributed by atoms with Gasteiger partial charge in [0, 0.05) is 0 Å². The normalized spacial score (nSPS) is 27.0. The van der Waals surface area contributed by atoms with Gasteiger partial charge in [0.2, 0.25) is 0 Å². The molecule has 0 aromatic carbocycles. The maximum Gasteiger partial charge on any atom is 0.365 e. The van der Waals surface area contributed by atoms with Crippen molar-refractivity contribution in [1.29, 1.82) is 0 Å². The Morgan fingerprint density at radius 1 is 2.00 bits per heavy atom. The first-order valence-corrected chi connectivity index (χ1v) is 2.48. The lowest BCUT2D eigenvalue weighted by Gasteiger charge is -2.07. The molecule has 0 aromatic heterocycles. The van der Waals surface area contributed by atoms with Crippen LogP contribution in [0.3, 0.4) is 0 Å². The van der Waals surface area contributed by atoms with Gasteiger partial charge in [0.25, 0.3) is 0 Å². The number of aliphatic imine (C=N–C) groups is 1. The quantitative estimate of drug-likeness (QED) is 0.351. The molecule has 1 aliphatic heterocycles. The van der Waals surface area contributed by atoms with E-state index in [9.17, 15) is 10.1 Å². The third-order valence-electron chi connectivity index (χ3n) is 1.11. The van der Waals surface area contributed by atoms with Gasteiger partial charge in [-0.1, -0.05) is 0 Å². The third kappa shape index (κ3) is 1.05. The Bertz CT molecular complexity index is 156. The van der Waals surface area contributed by atoms with Crippen LogP contribution in [0.2, 0.25) is 0 Å². The summed E-state index contributed by atoms with van der Waals surface area (Å²) in [5, 5.41) is 10.0. The Morgan fingerprint density at radius 3 is 2.89 bits per heavy atom. The molecule has 0 saturated carbocycles. The summed E-state index contributed by atoms with van der Waals surface area (Å²) in [6.45, 7) is 0.450. The van der Waals surface area contributed by atoms with Crippen LogP contribution in [0.1, 0.15) is 0 Å². The van der Waals surface area contributed by atoms with Crippen molar-refractivity contribution in [3.8, 4) is 0 Å². The van der Waals surface area contributed by atoms with Crippen LogP contribution in [0, 0.1) is 10.1 Å². The molecule has 0 N–H and O–H groups in total. The predicted molar refractivity (Wildman–Crippen MR) is 30.8 cm³/mol. The molecular formula is C4H6N3O2. The molecule has 0 aliphatic carbocycles. The van der Waals surface area contributed by atoms with Crippen molar-refractivity contribution in [3.63, 3.8) is 0 Å². The van der Waals surface area contributed by atoms with Crippen molar-refractivity contribution in [2.45, 2.75) is 6.29 Å². The number of hydrogen-bond acceptors (Lipinski definition) is 4. The molecule has 5 nitrogen and oxygen atoms in total. The van der Waals surface area contributed by atoms with Gasteiger partial charge in [-0.15, -0.1) is 0 Å². The lowest BCUT2D eigenvalue weighted by Crippen LogP contribution is -2.32. The maximum absolute atomic E-state index is 10.0. The first kappa shape index (κ1) is 6.15. The second-order valence-corrected chi connectivity index (χ2v) is 1.83. The lowest BCUT2D eigenvalue weighted by atomic mass is 10.7. The van der Waals surface area contributed by atoms with Crippen molar-refractivity contribution in [2.24, 2.45) is 4.99 Å². The van der Waals surface area contributed by atoms with Crippen molar-refractivity contribution in [1.82, 2.24) is 4.90 Å². The molecule has 1 radical (unpaired) electrons. The second kappa shape index (κ2) is 2.10. The predicted octanol–water partition coefficient (Wildman–Crippen LogP) is -0.560. The van der Waals surface area contributed by atoms with Crippen molar-refractivity contribution in [2.75, 3.05) is 13.6 Å². The van der Waals surface area contributed by atoms with Gasteiger partial charge >= 0.3 is 6.29 Å². The van der Waals surface area contributed by atoms with E-state index in [0.29, 0.717) is 6.54 Å². The fourth-order valence-corrected chi connectivity index (χ4v) is 0.622. The summed E-state index contributed by atoms with van der Waals surface area (Å²) in [7, 11) is 1.64. The highest BCUT2D eigenvalue weighted by atomic mass is 16.6. The average molecular weight is 128 g/mol. The minimum absolute atomic E-state index is 0.444. The Labute approximate surface area is 52.1 Å². The van der Waals surface area contributed by atoms with Crippen LogP contribution in [-0.2, 0) is 0 Å². The third-order valence-corrected chi connectivity index (χ3v) is 1.11. The van der Waals surface area contributed by atoms with Crippen LogP contribution in [0.15, 0.2) is 4.99 Å². The lowest BCUT2D eigenvalue weighted by molar-refractivity contribution is -0.544. The van der Waals surface area contributed by atoms with E-state index in [1.807, 2.05) is 0 Å². The van der Waals surface area contributed by atoms with Gasteiger partial charge in [-0.2, -0.15) is 4.99 Å². The molecule has 0 bridgehead atoms. The Balaban J connectivity index is 2.59. The van der Waals surface area contributed by atoms with Gasteiger partial charge in [0.15, 0.2) is 0 Å². The molecular weight excluding hydrogens is 122 g/mol. The molecule has 0 saturated heterocycles. The van der Waals surface area contributed by atoms with Crippen molar-refractivity contribution >= 4 is 6.21 Å². The summed E-state index contributed by atoms with van der Waals surface area (Å²) in [5.41, 5.74) is 0. The van der Waals surface area contributed by atoms with Gasteiger partial charge in [-0.05, 0) is 7.05 Å². The Kier molecular flexibility index (Phi) is 1.44. The zero-order chi connectivity index (χ0) is 6.85. The summed E-state index contributed by atoms with van der Waals surface area (Å²) in [5.74, 6) is 0. The minimum atomic E-state index is -0.898. The molecule has 1 aliphatic rings.